The van der Waals surface area contributed by atoms with Crippen molar-refractivity contribution in [1.29, 1.82) is 0 Å². The van der Waals surface area contributed by atoms with Gasteiger partial charge in [0.1, 0.15) is 5.75 Å². The maximum absolute atomic E-state index is 12.8. The predicted octanol–water partition coefficient (Wildman–Crippen LogP) is 3.49. The average Bonchev–Trinajstić information content (AvgIpc) is 3.16. The summed E-state index contributed by atoms with van der Waals surface area (Å²) in [6, 6.07) is 16.6. The van der Waals surface area contributed by atoms with Crippen LogP contribution in [0.4, 0.5) is 10.5 Å². The number of benzene rings is 2. The molecule has 0 radical (unpaired) electrons. The van der Waals surface area contributed by atoms with Gasteiger partial charge in [-0.2, -0.15) is 5.10 Å². The highest BCUT2D eigenvalue weighted by molar-refractivity contribution is 5.95. The van der Waals surface area contributed by atoms with Crippen LogP contribution in [-0.4, -0.2) is 64.8 Å². The molecule has 32 heavy (non-hydrogen) atoms. The molecule has 1 aliphatic rings. The van der Waals surface area contributed by atoms with Crippen LogP contribution in [-0.2, 0) is 0 Å². The molecule has 3 aromatic rings. The molecule has 3 amide bonds. The zero-order valence-electron chi connectivity index (χ0n) is 18.5. The minimum Gasteiger partial charge on any atom is -0.497 e. The number of rotatable bonds is 4. The highest BCUT2D eigenvalue weighted by Crippen LogP contribution is 2.19. The minimum atomic E-state index is -0.177. The Hall–Kier alpha value is -3.81. The van der Waals surface area contributed by atoms with E-state index in [1.54, 1.807) is 35.1 Å². The molecule has 0 saturated carbocycles. The smallest absolute Gasteiger partial charge is 0.321 e. The highest BCUT2D eigenvalue weighted by atomic mass is 16.5. The van der Waals surface area contributed by atoms with Crippen LogP contribution in [0.25, 0.3) is 5.69 Å². The SMILES string of the molecule is COc1cccc(C(=O)N2CCN(C(=O)Nc3cccc(-n4nc(C)cc4C)c3)CC2)c1. The van der Waals surface area contributed by atoms with E-state index in [0.717, 1.165) is 17.1 Å². The molecule has 0 unspecified atom stereocenters. The molecular weight excluding hydrogens is 406 g/mol. The summed E-state index contributed by atoms with van der Waals surface area (Å²) in [5.41, 5.74) is 4.15. The van der Waals surface area contributed by atoms with Gasteiger partial charge in [-0.15, -0.1) is 0 Å². The average molecular weight is 434 g/mol. The Bertz CT molecular complexity index is 1130. The molecule has 8 nitrogen and oxygen atoms in total. The molecule has 0 atom stereocenters. The zero-order valence-corrected chi connectivity index (χ0v) is 18.5. The van der Waals surface area contributed by atoms with Gasteiger partial charge in [0.2, 0.25) is 0 Å². The lowest BCUT2D eigenvalue weighted by Gasteiger charge is -2.34. The Kier molecular flexibility index (Phi) is 6.11. The first-order valence-electron chi connectivity index (χ1n) is 10.6. The van der Waals surface area contributed by atoms with E-state index in [1.165, 1.54) is 0 Å². The largest absolute Gasteiger partial charge is 0.497 e. The van der Waals surface area contributed by atoms with Crippen molar-refractivity contribution >= 4 is 17.6 Å². The molecule has 1 aromatic heterocycles. The van der Waals surface area contributed by atoms with Gasteiger partial charge < -0.3 is 19.9 Å². The number of carbonyl (C=O) groups is 2. The normalized spacial score (nSPS) is 13.7. The van der Waals surface area contributed by atoms with Crippen LogP contribution in [0.2, 0.25) is 0 Å². The number of ether oxygens (including phenoxy) is 1. The molecule has 2 aromatic carbocycles. The molecule has 0 bridgehead atoms. The maximum atomic E-state index is 12.8. The van der Waals surface area contributed by atoms with Crippen molar-refractivity contribution in [2.75, 3.05) is 38.6 Å². The first kappa shape index (κ1) is 21.4. The Labute approximate surface area is 187 Å². The molecule has 166 valence electrons. The second-order valence-electron chi connectivity index (χ2n) is 7.83. The summed E-state index contributed by atoms with van der Waals surface area (Å²) in [6.45, 7) is 5.85. The van der Waals surface area contributed by atoms with Crippen LogP contribution in [0.3, 0.4) is 0 Å². The highest BCUT2D eigenvalue weighted by Gasteiger charge is 2.25. The van der Waals surface area contributed by atoms with Crippen LogP contribution in [0, 0.1) is 13.8 Å². The fraction of sp³-hybridized carbons (Fsp3) is 0.292. The number of piperazine rings is 1. The molecule has 0 aliphatic carbocycles. The van der Waals surface area contributed by atoms with Crippen molar-refractivity contribution in [3.63, 3.8) is 0 Å². The first-order chi connectivity index (χ1) is 15.4. The number of urea groups is 1. The number of nitrogens with zero attached hydrogens (tertiary/aromatic N) is 4. The lowest BCUT2D eigenvalue weighted by Crippen LogP contribution is -2.51. The van der Waals surface area contributed by atoms with Gasteiger partial charge >= 0.3 is 6.03 Å². The Morgan fingerprint density at radius 1 is 0.938 bits per heavy atom. The number of methoxy groups -OCH3 is 1. The molecule has 1 aliphatic heterocycles. The molecule has 1 N–H and O–H groups in total. The third-order valence-corrected chi connectivity index (χ3v) is 5.52. The number of amides is 3. The topological polar surface area (TPSA) is 79.7 Å². The number of carbonyl (C=O) groups excluding carboxylic acids is 2. The van der Waals surface area contributed by atoms with Gasteiger partial charge in [-0.25, -0.2) is 9.48 Å². The van der Waals surface area contributed by atoms with Gasteiger partial charge in [0.15, 0.2) is 0 Å². The van der Waals surface area contributed by atoms with Crippen molar-refractivity contribution in [2.24, 2.45) is 0 Å². The van der Waals surface area contributed by atoms with Crippen molar-refractivity contribution < 1.29 is 14.3 Å². The van der Waals surface area contributed by atoms with E-state index < -0.39 is 0 Å². The number of hydrogen-bond acceptors (Lipinski definition) is 4. The molecule has 4 rings (SSSR count). The minimum absolute atomic E-state index is 0.0541. The number of aromatic nitrogens is 2. The summed E-state index contributed by atoms with van der Waals surface area (Å²) >= 11 is 0. The van der Waals surface area contributed by atoms with Crippen LogP contribution >= 0.6 is 0 Å². The van der Waals surface area contributed by atoms with E-state index in [9.17, 15) is 9.59 Å². The summed E-state index contributed by atoms with van der Waals surface area (Å²) in [5.74, 6) is 0.595. The molecule has 2 heterocycles. The van der Waals surface area contributed by atoms with Crippen LogP contribution in [0.5, 0.6) is 5.75 Å². The molecule has 1 saturated heterocycles. The first-order valence-corrected chi connectivity index (χ1v) is 10.6. The lowest BCUT2D eigenvalue weighted by molar-refractivity contribution is 0.0671. The second-order valence-corrected chi connectivity index (χ2v) is 7.83. The summed E-state index contributed by atoms with van der Waals surface area (Å²) in [7, 11) is 1.58. The third kappa shape index (κ3) is 4.59. The maximum Gasteiger partial charge on any atom is 0.321 e. The van der Waals surface area contributed by atoms with Crippen LogP contribution in [0.1, 0.15) is 21.7 Å². The number of anilines is 1. The van der Waals surface area contributed by atoms with E-state index in [-0.39, 0.29) is 11.9 Å². The van der Waals surface area contributed by atoms with Crippen LogP contribution in [0.15, 0.2) is 54.6 Å². The molecule has 1 fully saturated rings. The summed E-state index contributed by atoms with van der Waals surface area (Å²) in [5, 5.41) is 7.46. The predicted molar refractivity (Wildman–Crippen MR) is 123 cm³/mol. The van der Waals surface area contributed by atoms with Crippen molar-refractivity contribution in [3.05, 3.63) is 71.5 Å². The van der Waals surface area contributed by atoms with Crippen molar-refractivity contribution in [2.45, 2.75) is 13.8 Å². The van der Waals surface area contributed by atoms with E-state index in [0.29, 0.717) is 43.2 Å². The van der Waals surface area contributed by atoms with Gasteiger partial charge in [-0.05, 0) is 56.3 Å². The number of aryl methyl sites for hydroxylation is 2. The van der Waals surface area contributed by atoms with Gasteiger partial charge in [-0.3, -0.25) is 4.79 Å². The zero-order chi connectivity index (χ0) is 22.7. The molecule has 0 spiro atoms. The molecular formula is C24H27N5O3. The second kappa shape index (κ2) is 9.13. The quantitative estimate of drug-likeness (QED) is 0.683. The van der Waals surface area contributed by atoms with Gasteiger partial charge in [-0.1, -0.05) is 12.1 Å². The standard InChI is InChI=1S/C24H27N5O3/c1-17-14-18(2)29(26-17)21-8-5-7-20(16-21)25-24(31)28-12-10-27(11-13-28)23(30)19-6-4-9-22(15-19)32-3/h4-9,14-16H,10-13H2,1-3H3,(H,25,31). The summed E-state index contributed by atoms with van der Waals surface area (Å²) < 4.78 is 7.06. The Morgan fingerprint density at radius 3 is 2.34 bits per heavy atom. The monoisotopic (exact) mass is 433 g/mol. The van der Waals surface area contributed by atoms with E-state index in [4.69, 9.17) is 4.74 Å². The Balaban J connectivity index is 1.36. The van der Waals surface area contributed by atoms with E-state index >= 15 is 0 Å². The summed E-state index contributed by atoms with van der Waals surface area (Å²) in [6.07, 6.45) is 0. The van der Waals surface area contributed by atoms with E-state index in [1.807, 2.05) is 54.9 Å². The molecule has 8 heteroatoms. The Morgan fingerprint density at radius 2 is 1.66 bits per heavy atom. The van der Waals surface area contributed by atoms with E-state index in [2.05, 4.69) is 10.4 Å². The third-order valence-electron chi connectivity index (χ3n) is 5.52. The summed E-state index contributed by atoms with van der Waals surface area (Å²) in [4.78, 5) is 29.1. The van der Waals surface area contributed by atoms with Crippen molar-refractivity contribution in [1.82, 2.24) is 19.6 Å². The van der Waals surface area contributed by atoms with Gasteiger partial charge in [0, 0.05) is 43.1 Å². The fourth-order valence-electron chi connectivity index (χ4n) is 3.86. The van der Waals surface area contributed by atoms with Gasteiger partial charge in [0.25, 0.3) is 5.91 Å². The van der Waals surface area contributed by atoms with Crippen molar-refractivity contribution in [3.8, 4) is 11.4 Å². The van der Waals surface area contributed by atoms with Gasteiger partial charge in [0.05, 0.1) is 18.5 Å². The number of hydrogen-bond donors (Lipinski definition) is 1. The number of nitrogens with one attached hydrogen (secondary N) is 1. The lowest BCUT2D eigenvalue weighted by atomic mass is 10.1. The van der Waals surface area contributed by atoms with Crippen LogP contribution < -0.4 is 10.1 Å². The fourth-order valence-corrected chi connectivity index (χ4v) is 3.86.